The van der Waals surface area contributed by atoms with E-state index in [1.54, 1.807) is 36.4 Å². The third kappa shape index (κ3) is 4.63. The molecule has 2 amide bonds. The highest BCUT2D eigenvalue weighted by Crippen LogP contribution is 2.21. The molecule has 0 aliphatic rings. The first kappa shape index (κ1) is 21.5. The SMILES string of the molecule is Cn1c(CCNC(=O)c2ccccc2F)nc2cc(NC(=O)c3ccc(Cl)cc3)ccc21. The fourth-order valence-electron chi connectivity index (χ4n) is 3.38. The van der Waals surface area contributed by atoms with Crippen LogP contribution in [0, 0.1) is 5.82 Å². The monoisotopic (exact) mass is 450 g/mol. The fourth-order valence-corrected chi connectivity index (χ4v) is 3.51. The summed E-state index contributed by atoms with van der Waals surface area (Å²) in [6.45, 7) is 0.310. The molecular formula is C24H20ClFN4O2. The van der Waals surface area contributed by atoms with Crippen molar-refractivity contribution in [3.8, 4) is 0 Å². The van der Waals surface area contributed by atoms with Gasteiger partial charge in [-0.3, -0.25) is 9.59 Å². The van der Waals surface area contributed by atoms with Crippen molar-refractivity contribution in [2.24, 2.45) is 7.05 Å². The average molecular weight is 451 g/mol. The van der Waals surface area contributed by atoms with E-state index in [2.05, 4.69) is 15.6 Å². The molecule has 6 nitrogen and oxygen atoms in total. The van der Waals surface area contributed by atoms with E-state index < -0.39 is 11.7 Å². The van der Waals surface area contributed by atoms with Crippen molar-refractivity contribution >= 4 is 40.1 Å². The number of aryl methyl sites for hydroxylation is 1. The van der Waals surface area contributed by atoms with E-state index in [0.29, 0.717) is 29.2 Å². The predicted molar refractivity (Wildman–Crippen MR) is 123 cm³/mol. The van der Waals surface area contributed by atoms with Crippen molar-refractivity contribution in [3.63, 3.8) is 0 Å². The van der Waals surface area contributed by atoms with E-state index >= 15 is 0 Å². The summed E-state index contributed by atoms with van der Waals surface area (Å²) in [5, 5.41) is 6.14. The second-order valence-electron chi connectivity index (χ2n) is 7.24. The number of imidazole rings is 1. The van der Waals surface area contributed by atoms with Crippen LogP contribution in [0.5, 0.6) is 0 Å². The minimum absolute atomic E-state index is 0.0126. The van der Waals surface area contributed by atoms with Crippen molar-refractivity contribution in [2.75, 3.05) is 11.9 Å². The van der Waals surface area contributed by atoms with Crippen LogP contribution in [0.3, 0.4) is 0 Å². The van der Waals surface area contributed by atoms with Crippen molar-refractivity contribution in [3.05, 3.63) is 94.5 Å². The first-order valence-electron chi connectivity index (χ1n) is 9.97. The molecule has 0 aliphatic heterocycles. The van der Waals surface area contributed by atoms with E-state index in [0.717, 1.165) is 16.9 Å². The lowest BCUT2D eigenvalue weighted by Gasteiger charge is -2.07. The molecule has 0 fully saturated rings. The zero-order valence-electron chi connectivity index (χ0n) is 17.2. The maximum Gasteiger partial charge on any atom is 0.255 e. The second kappa shape index (κ2) is 9.20. The smallest absolute Gasteiger partial charge is 0.255 e. The maximum atomic E-state index is 13.7. The van der Waals surface area contributed by atoms with Crippen LogP contribution in [0.15, 0.2) is 66.7 Å². The van der Waals surface area contributed by atoms with E-state index in [4.69, 9.17) is 11.6 Å². The summed E-state index contributed by atoms with van der Waals surface area (Å²) in [6.07, 6.45) is 0.470. The Bertz CT molecular complexity index is 1300. The summed E-state index contributed by atoms with van der Waals surface area (Å²) in [7, 11) is 1.88. The number of hydrogen-bond acceptors (Lipinski definition) is 3. The zero-order valence-corrected chi connectivity index (χ0v) is 18.0. The van der Waals surface area contributed by atoms with E-state index in [1.807, 2.05) is 23.7 Å². The topological polar surface area (TPSA) is 76.0 Å². The Kier molecular flexibility index (Phi) is 6.18. The van der Waals surface area contributed by atoms with Gasteiger partial charge in [0.05, 0.1) is 16.6 Å². The Labute approximate surface area is 189 Å². The molecule has 0 unspecified atom stereocenters. The van der Waals surface area contributed by atoms with Crippen LogP contribution in [0.4, 0.5) is 10.1 Å². The summed E-state index contributed by atoms with van der Waals surface area (Å²) >= 11 is 5.87. The van der Waals surface area contributed by atoms with Gasteiger partial charge in [0.25, 0.3) is 11.8 Å². The second-order valence-corrected chi connectivity index (χ2v) is 7.67. The van der Waals surface area contributed by atoms with Gasteiger partial charge in [-0.05, 0) is 54.6 Å². The Morgan fingerprint density at radius 1 is 1.03 bits per heavy atom. The molecule has 0 saturated heterocycles. The van der Waals surface area contributed by atoms with Crippen LogP contribution >= 0.6 is 11.6 Å². The number of fused-ring (bicyclic) bond motifs is 1. The van der Waals surface area contributed by atoms with E-state index in [1.165, 1.54) is 18.2 Å². The molecule has 0 atom stereocenters. The van der Waals surface area contributed by atoms with Crippen molar-refractivity contribution in [1.29, 1.82) is 0 Å². The van der Waals surface area contributed by atoms with Crippen molar-refractivity contribution < 1.29 is 14.0 Å². The van der Waals surface area contributed by atoms with Crippen molar-refractivity contribution in [1.82, 2.24) is 14.9 Å². The fraction of sp³-hybridized carbons (Fsp3) is 0.125. The summed E-state index contributed by atoms with van der Waals surface area (Å²) in [5.74, 6) is -0.502. The zero-order chi connectivity index (χ0) is 22.7. The van der Waals surface area contributed by atoms with E-state index in [9.17, 15) is 14.0 Å². The average Bonchev–Trinajstić information content (AvgIpc) is 3.09. The van der Waals surface area contributed by atoms with Crippen LogP contribution in [-0.2, 0) is 13.5 Å². The first-order valence-corrected chi connectivity index (χ1v) is 10.3. The van der Waals surface area contributed by atoms with Gasteiger partial charge >= 0.3 is 0 Å². The maximum absolute atomic E-state index is 13.7. The number of amides is 2. The van der Waals surface area contributed by atoms with Crippen molar-refractivity contribution in [2.45, 2.75) is 6.42 Å². The minimum atomic E-state index is -0.555. The van der Waals surface area contributed by atoms with E-state index in [-0.39, 0.29) is 11.5 Å². The van der Waals surface area contributed by atoms with Crippen LogP contribution in [0.2, 0.25) is 5.02 Å². The number of carbonyl (C=O) groups is 2. The Hall–Kier alpha value is -3.71. The number of nitrogens with one attached hydrogen (secondary N) is 2. The lowest BCUT2D eigenvalue weighted by atomic mass is 10.2. The molecule has 4 aromatic rings. The highest BCUT2D eigenvalue weighted by Gasteiger charge is 2.13. The molecule has 0 spiro atoms. The number of nitrogens with zero attached hydrogens (tertiary/aromatic N) is 2. The Balaban J connectivity index is 1.43. The molecule has 8 heteroatoms. The third-order valence-corrected chi connectivity index (χ3v) is 5.34. The summed E-state index contributed by atoms with van der Waals surface area (Å²) in [4.78, 5) is 29.2. The molecule has 1 aromatic heterocycles. The van der Waals surface area contributed by atoms with Gasteiger partial charge in [-0.2, -0.15) is 0 Å². The number of rotatable bonds is 6. The van der Waals surface area contributed by atoms with Gasteiger partial charge in [0.2, 0.25) is 0 Å². The quantitative estimate of drug-likeness (QED) is 0.451. The molecule has 0 aliphatic carbocycles. The molecule has 162 valence electrons. The van der Waals surface area contributed by atoms with Gasteiger partial charge in [0.15, 0.2) is 0 Å². The molecule has 3 aromatic carbocycles. The molecule has 0 radical (unpaired) electrons. The Morgan fingerprint density at radius 3 is 2.53 bits per heavy atom. The summed E-state index contributed by atoms with van der Waals surface area (Å²) in [6, 6.07) is 18.0. The van der Waals surface area contributed by atoms with Gasteiger partial charge in [-0.25, -0.2) is 9.37 Å². The highest BCUT2D eigenvalue weighted by atomic mass is 35.5. The lowest BCUT2D eigenvalue weighted by molar-refractivity contribution is 0.0949. The standard InChI is InChI=1S/C24H20ClFN4O2/c1-30-21-11-10-17(28-23(31)15-6-8-16(25)9-7-15)14-20(21)29-22(30)12-13-27-24(32)18-4-2-3-5-19(18)26/h2-11,14H,12-13H2,1H3,(H,27,32)(H,28,31). The molecule has 1 heterocycles. The molecule has 2 N–H and O–H groups in total. The third-order valence-electron chi connectivity index (χ3n) is 5.09. The number of halogens is 2. The van der Waals surface area contributed by atoms with Gasteiger partial charge in [0.1, 0.15) is 11.6 Å². The van der Waals surface area contributed by atoms with Crippen LogP contribution in [0.25, 0.3) is 11.0 Å². The normalized spacial score (nSPS) is 10.8. The van der Waals surface area contributed by atoms with Crippen LogP contribution in [-0.4, -0.2) is 27.9 Å². The van der Waals surface area contributed by atoms with Crippen LogP contribution < -0.4 is 10.6 Å². The number of anilines is 1. The number of hydrogen-bond donors (Lipinski definition) is 2. The largest absolute Gasteiger partial charge is 0.351 e. The number of carbonyl (C=O) groups excluding carboxylic acids is 2. The molecule has 4 rings (SSSR count). The van der Waals surface area contributed by atoms with Gasteiger partial charge < -0.3 is 15.2 Å². The van der Waals surface area contributed by atoms with Gasteiger partial charge in [-0.1, -0.05) is 23.7 Å². The van der Waals surface area contributed by atoms with Gasteiger partial charge in [0, 0.05) is 36.3 Å². The van der Waals surface area contributed by atoms with Gasteiger partial charge in [-0.15, -0.1) is 0 Å². The molecule has 0 saturated carbocycles. The first-order chi connectivity index (χ1) is 15.4. The predicted octanol–water partition coefficient (Wildman–Crippen LogP) is 4.59. The molecule has 32 heavy (non-hydrogen) atoms. The number of benzene rings is 3. The molecular weight excluding hydrogens is 431 g/mol. The Morgan fingerprint density at radius 2 is 1.78 bits per heavy atom. The molecule has 0 bridgehead atoms. The lowest BCUT2D eigenvalue weighted by Crippen LogP contribution is -2.27. The minimum Gasteiger partial charge on any atom is -0.351 e. The number of aromatic nitrogens is 2. The summed E-state index contributed by atoms with van der Waals surface area (Å²) in [5.41, 5.74) is 2.75. The van der Waals surface area contributed by atoms with Crippen LogP contribution in [0.1, 0.15) is 26.5 Å². The summed E-state index contributed by atoms with van der Waals surface area (Å²) < 4.78 is 15.7. The highest BCUT2D eigenvalue weighted by molar-refractivity contribution is 6.30.